The molecule has 4 heteroatoms. The molecule has 1 unspecified atom stereocenters. The fourth-order valence-corrected chi connectivity index (χ4v) is 2.51. The zero-order valence-corrected chi connectivity index (χ0v) is 14.7. The van der Waals surface area contributed by atoms with E-state index in [2.05, 4.69) is 29.3 Å². The van der Waals surface area contributed by atoms with Crippen LogP contribution in [0.3, 0.4) is 0 Å². The van der Waals surface area contributed by atoms with E-state index in [1.807, 2.05) is 56.6 Å². The molecular formula is C20H26N2O2. The molecule has 0 aliphatic rings. The summed E-state index contributed by atoms with van der Waals surface area (Å²) in [4.78, 5) is 14.1. The molecule has 1 atom stereocenters. The maximum absolute atomic E-state index is 12.0. The third kappa shape index (κ3) is 5.39. The van der Waals surface area contributed by atoms with Crippen molar-refractivity contribution in [2.45, 2.75) is 19.4 Å². The van der Waals surface area contributed by atoms with Crippen LogP contribution >= 0.6 is 0 Å². The number of ether oxygens (including phenoxy) is 1. The Bertz CT molecular complexity index is 624. The van der Waals surface area contributed by atoms with Crippen molar-refractivity contribution in [3.05, 3.63) is 65.7 Å². The van der Waals surface area contributed by atoms with Crippen LogP contribution < -0.4 is 10.1 Å². The zero-order chi connectivity index (χ0) is 17.4. The van der Waals surface area contributed by atoms with Crippen LogP contribution in [0.2, 0.25) is 0 Å². The molecular weight excluding hydrogens is 300 g/mol. The molecule has 0 heterocycles. The quantitative estimate of drug-likeness (QED) is 0.811. The van der Waals surface area contributed by atoms with Gasteiger partial charge >= 0.3 is 0 Å². The molecule has 0 spiro atoms. The van der Waals surface area contributed by atoms with Gasteiger partial charge in [0.15, 0.2) is 6.61 Å². The molecule has 128 valence electrons. The van der Waals surface area contributed by atoms with Crippen molar-refractivity contribution in [2.75, 3.05) is 27.2 Å². The van der Waals surface area contributed by atoms with Gasteiger partial charge in [-0.05, 0) is 43.8 Å². The maximum atomic E-state index is 12.0. The summed E-state index contributed by atoms with van der Waals surface area (Å²) in [6.07, 6.45) is 0.992. The molecule has 4 nitrogen and oxygen atoms in total. The minimum absolute atomic E-state index is 0.0282. The van der Waals surface area contributed by atoms with Crippen LogP contribution in [0.25, 0.3) is 0 Å². The van der Waals surface area contributed by atoms with Gasteiger partial charge in [-0.2, -0.15) is 0 Å². The molecule has 24 heavy (non-hydrogen) atoms. The van der Waals surface area contributed by atoms with Gasteiger partial charge in [0.25, 0.3) is 5.91 Å². The lowest BCUT2D eigenvalue weighted by molar-refractivity contribution is -0.123. The lowest BCUT2D eigenvalue weighted by Crippen LogP contribution is -2.36. The molecule has 0 fully saturated rings. The first-order valence-corrected chi connectivity index (χ1v) is 8.30. The number of hydrogen-bond donors (Lipinski definition) is 1. The summed E-state index contributed by atoms with van der Waals surface area (Å²) in [5, 5.41) is 2.95. The summed E-state index contributed by atoms with van der Waals surface area (Å²) in [6, 6.07) is 18.1. The van der Waals surface area contributed by atoms with Crippen LogP contribution in [-0.2, 0) is 11.2 Å². The molecule has 0 aliphatic carbocycles. The van der Waals surface area contributed by atoms with Crippen LogP contribution in [0.1, 0.15) is 24.1 Å². The summed E-state index contributed by atoms with van der Waals surface area (Å²) in [6.45, 7) is 2.69. The molecule has 2 rings (SSSR count). The van der Waals surface area contributed by atoms with Gasteiger partial charge in [0.2, 0.25) is 0 Å². The van der Waals surface area contributed by atoms with E-state index in [1.165, 1.54) is 11.1 Å². The van der Waals surface area contributed by atoms with Crippen molar-refractivity contribution in [3.63, 3.8) is 0 Å². The Hall–Kier alpha value is -2.33. The van der Waals surface area contributed by atoms with Crippen molar-refractivity contribution in [2.24, 2.45) is 0 Å². The molecule has 0 saturated heterocycles. The summed E-state index contributed by atoms with van der Waals surface area (Å²) in [7, 11) is 4.02. The Morgan fingerprint density at radius 3 is 2.33 bits per heavy atom. The summed E-state index contributed by atoms with van der Waals surface area (Å²) in [5.41, 5.74) is 2.43. The highest BCUT2D eigenvalue weighted by Gasteiger charge is 2.15. The average molecular weight is 326 g/mol. The van der Waals surface area contributed by atoms with E-state index in [0.717, 1.165) is 12.2 Å². The first-order chi connectivity index (χ1) is 11.6. The van der Waals surface area contributed by atoms with E-state index in [9.17, 15) is 4.79 Å². The molecule has 0 saturated carbocycles. The highest BCUT2D eigenvalue weighted by molar-refractivity contribution is 5.77. The third-order valence-corrected chi connectivity index (χ3v) is 4.00. The Morgan fingerprint density at radius 1 is 1.08 bits per heavy atom. The second-order valence-electron chi connectivity index (χ2n) is 5.98. The lowest BCUT2D eigenvalue weighted by atomic mass is 10.1. The van der Waals surface area contributed by atoms with Crippen molar-refractivity contribution in [1.82, 2.24) is 10.2 Å². The first-order valence-electron chi connectivity index (χ1n) is 8.30. The summed E-state index contributed by atoms with van der Waals surface area (Å²) >= 11 is 0. The summed E-state index contributed by atoms with van der Waals surface area (Å²) < 4.78 is 5.54. The van der Waals surface area contributed by atoms with Crippen molar-refractivity contribution < 1.29 is 9.53 Å². The van der Waals surface area contributed by atoms with Crippen LogP contribution in [0.4, 0.5) is 0 Å². The SMILES string of the molecule is CCc1ccc(OCC(=O)NCC(c2ccccc2)N(C)C)cc1. The average Bonchev–Trinajstić information content (AvgIpc) is 2.61. The highest BCUT2D eigenvalue weighted by atomic mass is 16.5. The molecule has 2 aromatic rings. The van der Waals surface area contributed by atoms with E-state index >= 15 is 0 Å². The van der Waals surface area contributed by atoms with Gasteiger partial charge in [-0.1, -0.05) is 49.4 Å². The van der Waals surface area contributed by atoms with Crippen LogP contribution in [0, 0.1) is 0 Å². The monoisotopic (exact) mass is 326 g/mol. The lowest BCUT2D eigenvalue weighted by Gasteiger charge is -2.25. The predicted molar refractivity (Wildman–Crippen MR) is 97.2 cm³/mol. The number of likely N-dealkylation sites (N-methyl/N-ethyl adjacent to an activating group) is 1. The third-order valence-electron chi connectivity index (χ3n) is 4.00. The molecule has 2 aromatic carbocycles. The molecule has 1 amide bonds. The normalized spacial score (nSPS) is 12.0. The highest BCUT2D eigenvalue weighted by Crippen LogP contribution is 2.16. The number of nitrogens with one attached hydrogen (secondary N) is 1. The largest absolute Gasteiger partial charge is 0.484 e. The number of carbonyl (C=O) groups is 1. The molecule has 0 radical (unpaired) electrons. The Kier molecular flexibility index (Phi) is 6.82. The van der Waals surface area contributed by atoms with Crippen molar-refractivity contribution in [1.29, 1.82) is 0 Å². The first kappa shape index (κ1) is 18.0. The number of rotatable bonds is 8. The number of carbonyl (C=O) groups excluding carboxylic acids is 1. The molecule has 0 bridgehead atoms. The van der Waals surface area contributed by atoms with Gasteiger partial charge in [0.1, 0.15) is 5.75 Å². The fourth-order valence-electron chi connectivity index (χ4n) is 2.51. The van der Waals surface area contributed by atoms with Crippen molar-refractivity contribution in [3.8, 4) is 5.75 Å². The fraction of sp³-hybridized carbons (Fsp3) is 0.350. The summed E-state index contributed by atoms with van der Waals surface area (Å²) in [5.74, 6) is 0.604. The minimum atomic E-state index is -0.114. The van der Waals surface area contributed by atoms with Crippen LogP contribution in [0.15, 0.2) is 54.6 Å². The van der Waals surface area contributed by atoms with Gasteiger partial charge < -0.3 is 15.0 Å². The van der Waals surface area contributed by atoms with Crippen LogP contribution in [-0.4, -0.2) is 38.1 Å². The number of amides is 1. The van der Waals surface area contributed by atoms with E-state index in [1.54, 1.807) is 0 Å². The van der Waals surface area contributed by atoms with Gasteiger partial charge in [-0.15, -0.1) is 0 Å². The zero-order valence-electron chi connectivity index (χ0n) is 14.7. The van der Waals surface area contributed by atoms with Gasteiger partial charge in [0, 0.05) is 6.54 Å². The van der Waals surface area contributed by atoms with E-state index in [0.29, 0.717) is 6.54 Å². The Morgan fingerprint density at radius 2 is 1.75 bits per heavy atom. The topological polar surface area (TPSA) is 41.6 Å². The predicted octanol–water partition coefficient (Wildman–Crippen LogP) is 3.05. The standard InChI is InChI=1S/C20H26N2O2/c1-4-16-10-12-18(13-11-16)24-15-20(23)21-14-19(22(2)3)17-8-6-5-7-9-17/h5-13,19H,4,14-15H2,1-3H3,(H,21,23). The molecule has 0 aromatic heterocycles. The van der Waals surface area contributed by atoms with E-state index in [4.69, 9.17) is 4.74 Å². The minimum Gasteiger partial charge on any atom is -0.484 e. The second kappa shape index (κ2) is 9.08. The van der Waals surface area contributed by atoms with Gasteiger partial charge in [0.05, 0.1) is 6.04 Å². The Labute approximate surface area is 144 Å². The maximum Gasteiger partial charge on any atom is 0.258 e. The number of nitrogens with zero attached hydrogens (tertiary/aromatic N) is 1. The second-order valence-corrected chi connectivity index (χ2v) is 5.98. The van der Waals surface area contributed by atoms with E-state index in [-0.39, 0.29) is 18.6 Å². The molecule has 1 N–H and O–H groups in total. The molecule has 0 aliphatic heterocycles. The number of hydrogen-bond acceptors (Lipinski definition) is 3. The Balaban J connectivity index is 1.82. The van der Waals surface area contributed by atoms with Gasteiger partial charge in [-0.25, -0.2) is 0 Å². The number of benzene rings is 2. The smallest absolute Gasteiger partial charge is 0.258 e. The van der Waals surface area contributed by atoms with Gasteiger partial charge in [-0.3, -0.25) is 4.79 Å². The van der Waals surface area contributed by atoms with E-state index < -0.39 is 0 Å². The number of aryl methyl sites for hydroxylation is 1. The van der Waals surface area contributed by atoms with Crippen LogP contribution in [0.5, 0.6) is 5.75 Å². The van der Waals surface area contributed by atoms with Crippen molar-refractivity contribution >= 4 is 5.91 Å².